The zero-order chi connectivity index (χ0) is 14.5. The molecule has 2 N–H and O–H groups in total. The predicted octanol–water partition coefficient (Wildman–Crippen LogP) is 2.35. The van der Waals surface area contributed by atoms with Crippen LogP contribution in [0.1, 0.15) is 26.3 Å². The number of carbonyl (C=O) groups is 1. The zero-order valence-electron chi connectivity index (χ0n) is 11.8. The molecule has 0 fully saturated rings. The average Bonchev–Trinajstić information content (AvgIpc) is 2.33. The summed E-state index contributed by atoms with van der Waals surface area (Å²) < 4.78 is 5.50. The molecule has 0 radical (unpaired) electrons. The number of benzene rings is 1. The van der Waals surface area contributed by atoms with E-state index in [9.17, 15) is 4.79 Å². The third-order valence-corrected chi connectivity index (χ3v) is 2.70. The van der Waals surface area contributed by atoms with Gasteiger partial charge in [-0.2, -0.15) is 0 Å². The topological polar surface area (TPSA) is 50.4 Å². The molecule has 0 saturated carbocycles. The van der Waals surface area contributed by atoms with E-state index in [0.717, 1.165) is 5.56 Å². The van der Waals surface area contributed by atoms with Gasteiger partial charge in [0.1, 0.15) is 5.75 Å². The first-order valence-corrected chi connectivity index (χ1v) is 6.56. The van der Waals surface area contributed by atoms with Crippen molar-refractivity contribution in [2.75, 3.05) is 13.7 Å². The summed E-state index contributed by atoms with van der Waals surface area (Å²) in [5.41, 5.74) is 0.937. The molecule has 4 nitrogen and oxygen atoms in total. The van der Waals surface area contributed by atoms with Gasteiger partial charge in [0, 0.05) is 29.7 Å². The Morgan fingerprint density at radius 1 is 1.37 bits per heavy atom. The fourth-order valence-electron chi connectivity index (χ4n) is 1.40. The van der Waals surface area contributed by atoms with Crippen LogP contribution in [0, 0.1) is 0 Å². The zero-order valence-corrected chi connectivity index (χ0v) is 12.6. The van der Waals surface area contributed by atoms with Crippen LogP contribution >= 0.6 is 11.6 Å². The van der Waals surface area contributed by atoms with Crippen molar-refractivity contribution in [3.05, 3.63) is 28.8 Å². The summed E-state index contributed by atoms with van der Waals surface area (Å²) >= 11 is 5.99. The average molecular weight is 285 g/mol. The van der Waals surface area contributed by atoms with Crippen molar-refractivity contribution in [1.29, 1.82) is 0 Å². The van der Waals surface area contributed by atoms with E-state index >= 15 is 0 Å². The van der Waals surface area contributed by atoms with Crippen LogP contribution in [-0.4, -0.2) is 25.1 Å². The lowest BCUT2D eigenvalue weighted by Gasteiger charge is -2.21. The van der Waals surface area contributed by atoms with Crippen LogP contribution in [-0.2, 0) is 11.3 Å². The Labute approximate surface area is 119 Å². The molecule has 19 heavy (non-hydrogen) atoms. The van der Waals surface area contributed by atoms with Gasteiger partial charge in [-0.25, -0.2) is 0 Å². The quantitative estimate of drug-likeness (QED) is 0.873. The molecule has 0 spiro atoms. The normalized spacial score (nSPS) is 11.2. The molecule has 0 aliphatic rings. The van der Waals surface area contributed by atoms with Gasteiger partial charge in [-0.1, -0.05) is 11.6 Å². The molecule has 0 aliphatic heterocycles. The molecule has 0 saturated heterocycles. The van der Waals surface area contributed by atoms with Gasteiger partial charge in [-0.05, 0) is 39.0 Å². The minimum atomic E-state index is -0.162. The van der Waals surface area contributed by atoms with Crippen molar-refractivity contribution in [1.82, 2.24) is 10.6 Å². The highest BCUT2D eigenvalue weighted by Crippen LogP contribution is 2.23. The lowest BCUT2D eigenvalue weighted by Crippen LogP contribution is -2.35. The number of amides is 1. The highest BCUT2D eigenvalue weighted by Gasteiger charge is 2.12. The van der Waals surface area contributed by atoms with Crippen molar-refractivity contribution < 1.29 is 9.53 Å². The first-order chi connectivity index (χ1) is 8.81. The molecule has 0 heterocycles. The second kappa shape index (κ2) is 6.78. The van der Waals surface area contributed by atoms with Gasteiger partial charge in [-0.15, -0.1) is 0 Å². The summed E-state index contributed by atoms with van der Waals surface area (Å²) in [5, 5.41) is 6.54. The van der Waals surface area contributed by atoms with E-state index in [1.54, 1.807) is 19.2 Å². The number of ether oxygens (including phenoxy) is 1. The third kappa shape index (κ3) is 5.94. The van der Waals surface area contributed by atoms with E-state index in [1.165, 1.54) is 0 Å². The maximum absolute atomic E-state index is 11.2. The molecule has 1 amide bonds. The third-order valence-electron chi connectivity index (χ3n) is 2.47. The van der Waals surface area contributed by atoms with Crippen molar-refractivity contribution in [3.8, 4) is 5.75 Å². The first-order valence-electron chi connectivity index (χ1n) is 6.18. The molecule has 1 aromatic carbocycles. The van der Waals surface area contributed by atoms with E-state index in [0.29, 0.717) is 17.3 Å². The smallest absolute Gasteiger partial charge is 0.257 e. The van der Waals surface area contributed by atoms with Crippen molar-refractivity contribution in [3.63, 3.8) is 0 Å². The van der Waals surface area contributed by atoms with Crippen LogP contribution in [0.3, 0.4) is 0 Å². The van der Waals surface area contributed by atoms with Gasteiger partial charge < -0.3 is 15.4 Å². The highest BCUT2D eigenvalue weighted by atomic mass is 35.5. The maximum Gasteiger partial charge on any atom is 0.257 e. The minimum absolute atomic E-state index is 0.000378. The second-order valence-electron chi connectivity index (χ2n) is 5.32. The number of halogens is 1. The molecular formula is C14H21ClN2O2. The number of nitrogens with one attached hydrogen (secondary N) is 2. The summed E-state index contributed by atoms with van der Waals surface area (Å²) in [7, 11) is 1.58. The summed E-state index contributed by atoms with van der Waals surface area (Å²) in [5.74, 6) is 0.509. The number of carbonyl (C=O) groups excluding carboxylic acids is 1. The van der Waals surface area contributed by atoms with E-state index in [-0.39, 0.29) is 18.1 Å². The molecule has 0 atom stereocenters. The summed E-state index contributed by atoms with van der Waals surface area (Å²) in [4.78, 5) is 11.2. The molecule has 0 bridgehead atoms. The second-order valence-corrected chi connectivity index (χ2v) is 5.75. The van der Waals surface area contributed by atoms with Gasteiger partial charge in [0.15, 0.2) is 6.61 Å². The van der Waals surface area contributed by atoms with Crippen LogP contribution in [0.2, 0.25) is 5.02 Å². The van der Waals surface area contributed by atoms with Crippen LogP contribution in [0.25, 0.3) is 0 Å². The van der Waals surface area contributed by atoms with Crippen LogP contribution in [0.5, 0.6) is 5.75 Å². The summed E-state index contributed by atoms with van der Waals surface area (Å²) in [6.07, 6.45) is 0. The van der Waals surface area contributed by atoms with Crippen LogP contribution in [0.4, 0.5) is 0 Å². The Bertz CT molecular complexity index is 442. The number of rotatable bonds is 5. The maximum atomic E-state index is 11.2. The predicted molar refractivity (Wildman–Crippen MR) is 77.6 cm³/mol. The van der Waals surface area contributed by atoms with Gasteiger partial charge in [0.25, 0.3) is 5.91 Å². The van der Waals surface area contributed by atoms with Crippen LogP contribution in [0.15, 0.2) is 18.2 Å². The molecule has 106 valence electrons. The molecule has 0 aromatic heterocycles. The van der Waals surface area contributed by atoms with E-state index in [1.807, 2.05) is 6.07 Å². The van der Waals surface area contributed by atoms with Crippen molar-refractivity contribution in [2.45, 2.75) is 32.9 Å². The Hall–Kier alpha value is -1.26. The lowest BCUT2D eigenvalue weighted by molar-refractivity contribution is -0.122. The van der Waals surface area contributed by atoms with E-state index in [2.05, 4.69) is 31.4 Å². The first kappa shape index (κ1) is 15.8. The van der Waals surface area contributed by atoms with Crippen molar-refractivity contribution in [2.24, 2.45) is 0 Å². The molecule has 0 unspecified atom stereocenters. The Kier molecular flexibility index (Phi) is 5.63. The standard InChI is InChI=1S/C14H21ClN2O2/c1-14(2,3)17-8-10-7-11(15)5-6-12(10)19-9-13(18)16-4/h5-7,17H,8-9H2,1-4H3,(H,16,18). The number of hydrogen-bond donors (Lipinski definition) is 2. The Morgan fingerprint density at radius 3 is 2.63 bits per heavy atom. The van der Waals surface area contributed by atoms with Gasteiger partial charge in [-0.3, -0.25) is 4.79 Å². The van der Waals surface area contributed by atoms with Gasteiger partial charge >= 0.3 is 0 Å². The lowest BCUT2D eigenvalue weighted by atomic mass is 10.1. The molecule has 0 aliphatic carbocycles. The van der Waals surface area contributed by atoms with Gasteiger partial charge in [0.05, 0.1) is 0 Å². The fourth-order valence-corrected chi connectivity index (χ4v) is 1.60. The Morgan fingerprint density at radius 2 is 2.05 bits per heavy atom. The molecule has 5 heteroatoms. The SMILES string of the molecule is CNC(=O)COc1ccc(Cl)cc1CNC(C)(C)C. The van der Waals surface area contributed by atoms with Crippen LogP contribution < -0.4 is 15.4 Å². The largest absolute Gasteiger partial charge is 0.483 e. The Balaban J connectivity index is 2.76. The number of hydrogen-bond acceptors (Lipinski definition) is 3. The summed E-state index contributed by atoms with van der Waals surface area (Å²) in [6, 6.07) is 5.38. The van der Waals surface area contributed by atoms with Crippen molar-refractivity contribution >= 4 is 17.5 Å². The molecular weight excluding hydrogens is 264 g/mol. The minimum Gasteiger partial charge on any atom is -0.483 e. The highest BCUT2D eigenvalue weighted by molar-refractivity contribution is 6.30. The van der Waals surface area contributed by atoms with Gasteiger partial charge in [0.2, 0.25) is 0 Å². The summed E-state index contributed by atoms with van der Waals surface area (Å²) in [6.45, 7) is 6.89. The van der Waals surface area contributed by atoms with E-state index in [4.69, 9.17) is 16.3 Å². The number of likely N-dealkylation sites (N-methyl/N-ethyl adjacent to an activating group) is 1. The monoisotopic (exact) mass is 284 g/mol. The van der Waals surface area contributed by atoms with E-state index < -0.39 is 0 Å². The fraction of sp³-hybridized carbons (Fsp3) is 0.500. The molecule has 1 aromatic rings. The molecule has 1 rings (SSSR count).